The topological polar surface area (TPSA) is 58.2 Å². The first-order valence-corrected chi connectivity index (χ1v) is 7.56. The predicted molar refractivity (Wildman–Crippen MR) is 84.0 cm³/mol. The van der Waals surface area contributed by atoms with Crippen LogP contribution in [0.1, 0.15) is 22.5 Å². The summed E-state index contributed by atoms with van der Waals surface area (Å²) in [5, 5.41) is 7.17. The van der Waals surface area contributed by atoms with Crippen molar-refractivity contribution < 1.29 is 9.53 Å². The molecule has 22 heavy (non-hydrogen) atoms. The number of rotatable bonds is 4. The van der Waals surface area contributed by atoms with Crippen molar-refractivity contribution >= 4 is 5.91 Å². The van der Waals surface area contributed by atoms with Crippen LogP contribution in [-0.4, -0.2) is 40.7 Å². The summed E-state index contributed by atoms with van der Waals surface area (Å²) in [6.45, 7) is 4.65. The lowest BCUT2D eigenvalue weighted by molar-refractivity contribution is -0.136. The van der Waals surface area contributed by atoms with Crippen LogP contribution < -0.4 is 4.74 Å². The van der Waals surface area contributed by atoms with Gasteiger partial charge in [-0.05, 0) is 37.5 Å². The second-order valence-corrected chi connectivity index (χ2v) is 5.84. The van der Waals surface area contributed by atoms with Gasteiger partial charge in [-0.3, -0.25) is 9.89 Å². The average molecular weight is 299 g/mol. The number of aryl methyl sites for hydroxylation is 2. The molecule has 0 spiro atoms. The lowest BCUT2D eigenvalue weighted by Gasteiger charge is -2.20. The molecule has 1 amide bonds. The highest BCUT2D eigenvalue weighted by Crippen LogP contribution is 2.28. The minimum atomic E-state index is -0.394. The summed E-state index contributed by atoms with van der Waals surface area (Å²) in [6, 6.07) is 7.84. The number of nitrogens with zero attached hydrogens (tertiary/aromatic N) is 2. The number of carbonyl (C=O) groups excluding carboxylic acids is 1. The van der Waals surface area contributed by atoms with E-state index in [0.717, 1.165) is 29.1 Å². The molecule has 0 saturated carbocycles. The van der Waals surface area contributed by atoms with Crippen molar-refractivity contribution in [1.29, 1.82) is 0 Å². The number of H-pyrrole nitrogens is 1. The van der Waals surface area contributed by atoms with Gasteiger partial charge < -0.3 is 9.64 Å². The molecule has 1 atom stereocenters. The van der Waals surface area contributed by atoms with Crippen LogP contribution in [0.5, 0.6) is 5.75 Å². The van der Waals surface area contributed by atoms with Gasteiger partial charge in [0.1, 0.15) is 5.75 Å². The highest BCUT2D eigenvalue weighted by Gasteiger charge is 2.30. The molecule has 0 saturated heterocycles. The van der Waals surface area contributed by atoms with Gasteiger partial charge in [0, 0.05) is 25.7 Å². The molecule has 5 heteroatoms. The van der Waals surface area contributed by atoms with E-state index in [-0.39, 0.29) is 5.91 Å². The largest absolute Gasteiger partial charge is 0.480 e. The average Bonchev–Trinajstić information content (AvgIpc) is 3.08. The Kier molecular flexibility index (Phi) is 3.88. The van der Waals surface area contributed by atoms with Crippen LogP contribution >= 0.6 is 0 Å². The zero-order valence-electron chi connectivity index (χ0n) is 13.2. The zero-order valence-corrected chi connectivity index (χ0v) is 13.2. The van der Waals surface area contributed by atoms with Crippen molar-refractivity contribution in [3.63, 3.8) is 0 Å². The van der Waals surface area contributed by atoms with E-state index < -0.39 is 6.10 Å². The second kappa shape index (κ2) is 5.83. The lowest BCUT2D eigenvalue weighted by atomic mass is 10.1. The smallest absolute Gasteiger partial charge is 0.263 e. The highest BCUT2D eigenvalue weighted by atomic mass is 16.5. The molecule has 0 fully saturated rings. The van der Waals surface area contributed by atoms with E-state index in [1.807, 2.05) is 45.2 Å². The van der Waals surface area contributed by atoms with Crippen LogP contribution in [0.15, 0.2) is 24.3 Å². The van der Waals surface area contributed by atoms with Crippen molar-refractivity contribution in [2.45, 2.75) is 32.8 Å². The van der Waals surface area contributed by atoms with Crippen molar-refractivity contribution in [2.75, 3.05) is 13.6 Å². The summed E-state index contributed by atoms with van der Waals surface area (Å²) in [5.74, 6) is 0.866. The van der Waals surface area contributed by atoms with E-state index in [1.165, 1.54) is 5.56 Å². The third-order valence-corrected chi connectivity index (χ3v) is 4.28. The molecule has 5 nitrogen and oxygen atoms in total. The molecule has 2 heterocycles. The zero-order chi connectivity index (χ0) is 15.7. The third kappa shape index (κ3) is 2.71. The monoisotopic (exact) mass is 299 g/mol. The van der Waals surface area contributed by atoms with E-state index in [9.17, 15) is 4.79 Å². The summed E-state index contributed by atoms with van der Waals surface area (Å²) in [7, 11) is 1.83. The van der Waals surface area contributed by atoms with E-state index in [2.05, 4.69) is 10.2 Å². The Hall–Kier alpha value is -2.30. The fourth-order valence-electron chi connectivity index (χ4n) is 2.90. The number of nitrogens with one attached hydrogen (secondary N) is 1. The number of hydrogen-bond acceptors (Lipinski definition) is 3. The molecule has 0 bridgehead atoms. The van der Waals surface area contributed by atoms with Crippen molar-refractivity contribution in [2.24, 2.45) is 0 Å². The second-order valence-electron chi connectivity index (χ2n) is 5.84. The molecular formula is C17H21N3O2. The fraction of sp³-hybridized carbons (Fsp3) is 0.412. The van der Waals surface area contributed by atoms with Crippen LogP contribution in [0.25, 0.3) is 0 Å². The first-order valence-electron chi connectivity index (χ1n) is 7.56. The number of likely N-dealkylation sites (N-methyl/N-ethyl adjacent to an activating group) is 1. The van der Waals surface area contributed by atoms with E-state index in [4.69, 9.17) is 4.74 Å². The fourth-order valence-corrected chi connectivity index (χ4v) is 2.90. The van der Waals surface area contributed by atoms with Crippen molar-refractivity contribution in [1.82, 2.24) is 15.1 Å². The quantitative estimate of drug-likeness (QED) is 0.940. The number of benzene rings is 1. The number of hydrogen-bond donors (Lipinski definition) is 1. The molecule has 1 unspecified atom stereocenters. The molecule has 1 aliphatic heterocycles. The molecule has 1 aliphatic rings. The Balaban J connectivity index is 1.59. The summed E-state index contributed by atoms with van der Waals surface area (Å²) < 4.78 is 5.76. The van der Waals surface area contributed by atoms with Gasteiger partial charge >= 0.3 is 0 Å². The van der Waals surface area contributed by atoms with Crippen LogP contribution in [0, 0.1) is 13.8 Å². The van der Waals surface area contributed by atoms with Crippen molar-refractivity contribution in [3.8, 4) is 5.75 Å². The Morgan fingerprint density at radius 1 is 1.41 bits per heavy atom. The normalized spacial score (nSPS) is 16.2. The number of fused-ring (bicyclic) bond motifs is 1. The maximum atomic E-state index is 12.5. The van der Waals surface area contributed by atoms with E-state index in [0.29, 0.717) is 13.0 Å². The van der Waals surface area contributed by atoms with Gasteiger partial charge in [0.2, 0.25) is 0 Å². The summed E-state index contributed by atoms with van der Waals surface area (Å²) in [4.78, 5) is 14.3. The molecule has 0 radical (unpaired) electrons. The molecule has 116 valence electrons. The van der Waals surface area contributed by atoms with Crippen molar-refractivity contribution in [3.05, 3.63) is 46.8 Å². The highest BCUT2D eigenvalue weighted by molar-refractivity contribution is 5.82. The Morgan fingerprint density at radius 2 is 2.18 bits per heavy atom. The number of aromatic nitrogens is 2. The molecule has 1 aromatic carbocycles. The van der Waals surface area contributed by atoms with Gasteiger partial charge in [0.25, 0.3) is 5.91 Å². The van der Waals surface area contributed by atoms with Crippen LogP contribution in [0.2, 0.25) is 0 Å². The number of ether oxygens (including phenoxy) is 1. The molecule has 1 aromatic heterocycles. The predicted octanol–water partition coefficient (Wildman–Crippen LogP) is 2.03. The van der Waals surface area contributed by atoms with Gasteiger partial charge in [-0.25, -0.2) is 0 Å². The lowest BCUT2D eigenvalue weighted by Crippen LogP contribution is -2.40. The van der Waals surface area contributed by atoms with E-state index in [1.54, 1.807) is 4.90 Å². The Labute approximate surface area is 130 Å². The minimum absolute atomic E-state index is 0.0370. The SMILES string of the molecule is Cc1n[nH]c(C)c1CCN(C)C(=O)C1Cc2ccccc2O1. The molecular weight excluding hydrogens is 278 g/mol. The summed E-state index contributed by atoms with van der Waals surface area (Å²) in [6.07, 6.45) is 1.06. The van der Waals surface area contributed by atoms with Crippen LogP contribution in [0.3, 0.4) is 0 Å². The first-order chi connectivity index (χ1) is 10.6. The standard InChI is InChI=1S/C17H21N3O2/c1-11-14(12(2)19-18-11)8-9-20(3)17(21)16-10-13-6-4-5-7-15(13)22-16/h4-7,16H,8-10H2,1-3H3,(H,18,19). The first kappa shape index (κ1) is 14.6. The van der Waals surface area contributed by atoms with Gasteiger partial charge in [-0.1, -0.05) is 18.2 Å². The summed E-state index contributed by atoms with van der Waals surface area (Å²) >= 11 is 0. The molecule has 3 rings (SSSR count). The van der Waals surface area contributed by atoms with Gasteiger partial charge in [-0.2, -0.15) is 5.10 Å². The molecule has 0 aliphatic carbocycles. The molecule has 1 N–H and O–H groups in total. The number of carbonyl (C=O) groups is 1. The van der Waals surface area contributed by atoms with E-state index >= 15 is 0 Å². The third-order valence-electron chi connectivity index (χ3n) is 4.28. The van der Waals surface area contributed by atoms with Crippen LogP contribution in [-0.2, 0) is 17.6 Å². The van der Waals surface area contributed by atoms with Gasteiger partial charge in [0.05, 0.1) is 5.69 Å². The summed E-state index contributed by atoms with van der Waals surface area (Å²) in [5.41, 5.74) is 4.37. The number of aromatic amines is 1. The Morgan fingerprint density at radius 3 is 2.86 bits per heavy atom. The van der Waals surface area contributed by atoms with Gasteiger partial charge in [-0.15, -0.1) is 0 Å². The maximum absolute atomic E-state index is 12.5. The van der Waals surface area contributed by atoms with Gasteiger partial charge in [0.15, 0.2) is 6.10 Å². The number of para-hydroxylation sites is 1. The number of amides is 1. The Bertz CT molecular complexity index is 648. The maximum Gasteiger partial charge on any atom is 0.263 e. The molecule has 2 aromatic rings. The van der Waals surface area contributed by atoms with Crippen LogP contribution in [0.4, 0.5) is 0 Å². The minimum Gasteiger partial charge on any atom is -0.480 e.